The van der Waals surface area contributed by atoms with Crippen molar-refractivity contribution in [2.45, 2.75) is 62.2 Å². The van der Waals surface area contributed by atoms with E-state index in [2.05, 4.69) is 18.0 Å². The van der Waals surface area contributed by atoms with Crippen molar-refractivity contribution in [3.8, 4) is 0 Å². The van der Waals surface area contributed by atoms with Gasteiger partial charge in [-0.1, -0.05) is 26.7 Å². The Morgan fingerprint density at radius 2 is 2.28 bits per heavy atom. The fraction of sp³-hybridized carbons (Fsp3) is 0.667. The van der Waals surface area contributed by atoms with E-state index in [-0.39, 0.29) is 0 Å². The second kappa shape index (κ2) is 6.58. The van der Waals surface area contributed by atoms with Gasteiger partial charge in [-0.3, -0.25) is 4.98 Å². The second-order valence-electron chi connectivity index (χ2n) is 5.35. The molecular weight excluding hydrogens is 242 g/mol. The first-order valence-corrected chi connectivity index (χ1v) is 7.87. The van der Waals surface area contributed by atoms with Gasteiger partial charge in [-0.2, -0.15) is 0 Å². The predicted octanol–water partition coefficient (Wildman–Crippen LogP) is 4.20. The molecule has 0 radical (unpaired) electrons. The molecule has 2 nitrogen and oxygen atoms in total. The van der Waals surface area contributed by atoms with Crippen molar-refractivity contribution in [3.05, 3.63) is 24.0 Å². The molecule has 0 aliphatic heterocycles. The Balaban J connectivity index is 1.93. The number of pyridine rings is 1. The second-order valence-corrected chi connectivity index (χ2v) is 6.73. The summed E-state index contributed by atoms with van der Waals surface area (Å²) in [7, 11) is 0. The number of aliphatic hydroxyl groups excluding tert-OH is 1. The first-order chi connectivity index (χ1) is 8.69. The Labute approximate surface area is 114 Å². The average Bonchev–Trinajstić information content (AvgIpc) is 2.39. The summed E-state index contributed by atoms with van der Waals surface area (Å²) in [5, 5.41) is 10.5. The van der Waals surface area contributed by atoms with Crippen LogP contribution in [-0.2, 0) is 0 Å². The van der Waals surface area contributed by atoms with Gasteiger partial charge in [-0.15, -0.1) is 11.8 Å². The smallest absolute Gasteiger partial charge is 0.0957 e. The summed E-state index contributed by atoms with van der Waals surface area (Å²) in [4.78, 5) is 5.60. The van der Waals surface area contributed by atoms with Crippen molar-refractivity contribution in [2.24, 2.45) is 5.92 Å². The molecule has 18 heavy (non-hydrogen) atoms. The minimum Gasteiger partial charge on any atom is -0.387 e. The van der Waals surface area contributed by atoms with E-state index >= 15 is 0 Å². The van der Waals surface area contributed by atoms with Gasteiger partial charge < -0.3 is 5.11 Å². The molecule has 0 saturated heterocycles. The third-order valence-electron chi connectivity index (χ3n) is 3.68. The highest BCUT2D eigenvalue weighted by atomic mass is 32.2. The van der Waals surface area contributed by atoms with E-state index in [1.807, 2.05) is 30.9 Å². The van der Waals surface area contributed by atoms with Gasteiger partial charge in [0.25, 0.3) is 0 Å². The van der Waals surface area contributed by atoms with Gasteiger partial charge in [0.05, 0.1) is 11.8 Å². The van der Waals surface area contributed by atoms with Crippen molar-refractivity contribution >= 4 is 11.8 Å². The first-order valence-electron chi connectivity index (χ1n) is 6.99. The lowest BCUT2D eigenvalue weighted by molar-refractivity contribution is 0.169. The minimum atomic E-state index is -0.418. The van der Waals surface area contributed by atoms with Crippen LogP contribution in [0.25, 0.3) is 0 Å². The fourth-order valence-corrected chi connectivity index (χ4v) is 3.90. The first kappa shape index (κ1) is 13.9. The highest BCUT2D eigenvalue weighted by Crippen LogP contribution is 2.35. The third-order valence-corrected chi connectivity index (χ3v) is 4.95. The van der Waals surface area contributed by atoms with E-state index in [0.29, 0.717) is 0 Å². The maximum Gasteiger partial charge on any atom is 0.0957 e. The summed E-state index contributed by atoms with van der Waals surface area (Å²) in [6.07, 6.45) is 7.62. The fourth-order valence-electron chi connectivity index (χ4n) is 2.55. The molecule has 2 rings (SSSR count). The zero-order valence-electron chi connectivity index (χ0n) is 11.3. The predicted molar refractivity (Wildman–Crippen MR) is 76.8 cm³/mol. The van der Waals surface area contributed by atoms with Crippen molar-refractivity contribution in [3.63, 3.8) is 0 Å². The summed E-state index contributed by atoms with van der Waals surface area (Å²) in [6.45, 7) is 4.32. The number of aliphatic hydroxyl groups is 1. The highest BCUT2D eigenvalue weighted by molar-refractivity contribution is 8.00. The SMILES string of the molecule is CC[C@@H](O)c1ccc(SC2CCCC(C)C2)cn1. The standard InChI is InChI=1S/C15H23NOS/c1-3-15(17)14-8-7-13(10-16-14)18-12-6-4-5-11(2)9-12/h7-8,10-12,15,17H,3-6,9H2,1-2H3/t11?,12?,15-/m1/s1. The zero-order chi connectivity index (χ0) is 13.0. The molecule has 3 atom stereocenters. The van der Waals surface area contributed by atoms with Gasteiger partial charge in [-0.25, -0.2) is 0 Å². The van der Waals surface area contributed by atoms with E-state index in [4.69, 9.17) is 0 Å². The van der Waals surface area contributed by atoms with Gasteiger partial charge in [0.2, 0.25) is 0 Å². The van der Waals surface area contributed by atoms with Crippen molar-refractivity contribution < 1.29 is 5.11 Å². The van der Waals surface area contributed by atoms with Crippen LogP contribution in [0.4, 0.5) is 0 Å². The lowest BCUT2D eigenvalue weighted by atomic mass is 9.91. The zero-order valence-corrected chi connectivity index (χ0v) is 12.1. The van der Waals surface area contributed by atoms with Gasteiger partial charge >= 0.3 is 0 Å². The molecule has 0 spiro atoms. The monoisotopic (exact) mass is 265 g/mol. The molecule has 1 N–H and O–H groups in total. The van der Waals surface area contributed by atoms with E-state index < -0.39 is 6.10 Å². The maximum absolute atomic E-state index is 9.71. The molecule has 1 heterocycles. The molecule has 0 aromatic carbocycles. The van der Waals surface area contributed by atoms with Crippen LogP contribution >= 0.6 is 11.8 Å². The van der Waals surface area contributed by atoms with Crippen LogP contribution in [0.5, 0.6) is 0 Å². The topological polar surface area (TPSA) is 33.1 Å². The molecule has 1 fully saturated rings. The Bertz CT molecular complexity index is 365. The van der Waals surface area contributed by atoms with Crippen molar-refractivity contribution in [1.82, 2.24) is 4.98 Å². The van der Waals surface area contributed by atoms with Gasteiger partial charge in [-0.05, 0) is 37.3 Å². The van der Waals surface area contributed by atoms with Crippen LogP contribution in [0.2, 0.25) is 0 Å². The number of rotatable bonds is 4. The quantitative estimate of drug-likeness (QED) is 0.886. The number of hydrogen-bond donors (Lipinski definition) is 1. The largest absolute Gasteiger partial charge is 0.387 e. The summed E-state index contributed by atoms with van der Waals surface area (Å²) >= 11 is 1.95. The normalized spacial score (nSPS) is 25.9. The third kappa shape index (κ3) is 3.72. The van der Waals surface area contributed by atoms with Crippen LogP contribution in [0, 0.1) is 5.92 Å². The molecule has 1 aromatic rings. The molecule has 2 unspecified atom stereocenters. The van der Waals surface area contributed by atoms with Crippen LogP contribution in [-0.4, -0.2) is 15.3 Å². The van der Waals surface area contributed by atoms with Crippen molar-refractivity contribution in [2.75, 3.05) is 0 Å². The minimum absolute atomic E-state index is 0.418. The number of hydrogen-bond acceptors (Lipinski definition) is 3. The number of aromatic nitrogens is 1. The summed E-state index contributed by atoms with van der Waals surface area (Å²) in [6, 6.07) is 4.06. The number of nitrogens with zero attached hydrogens (tertiary/aromatic N) is 1. The summed E-state index contributed by atoms with van der Waals surface area (Å²) in [5.74, 6) is 0.866. The number of thioether (sulfide) groups is 1. The van der Waals surface area contributed by atoms with Crippen LogP contribution in [0.1, 0.15) is 57.7 Å². The van der Waals surface area contributed by atoms with E-state index in [9.17, 15) is 5.11 Å². The van der Waals surface area contributed by atoms with Crippen LogP contribution in [0.15, 0.2) is 23.2 Å². The summed E-state index contributed by atoms with van der Waals surface area (Å²) in [5.41, 5.74) is 0.791. The molecule has 3 heteroatoms. The van der Waals surface area contributed by atoms with Gasteiger partial charge in [0.1, 0.15) is 0 Å². The Morgan fingerprint density at radius 1 is 1.44 bits per heavy atom. The van der Waals surface area contributed by atoms with E-state index in [1.54, 1.807) is 0 Å². The van der Waals surface area contributed by atoms with E-state index in [0.717, 1.165) is 23.3 Å². The summed E-state index contributed by atoms with van der Waals surface area (Å²) < 4.78 is 0. The Kier molecular flexibility index (Phi) is 5.07. The molecule has 1 aromatic heterocycles. The van der Waals surface area contributed by atoms with Crippen LogP contribution in [0.3, 0.4) is 0 Å². The lowest BCUT2D eigenvalue weighted by Gasteiger charge is -2.26. The Morgan fingerprint density at radius 3 is 2.89 bits per heavy atom. The molecule has 1 aliphatic carbocycles. The molecule has 100 valence electrons. The molecule has 0 amide bonds. The molecule has 0 bridgehead atoms. The maximum atomic E-state index is 9.71. The average molecular weight is 265 g/mol. The molecule has 1 saturated carbocycles. The molecular formula is C15H23NOS. The van der Waals surface area contributed by atoms with Crippen molar-refractivity contribution in [1.29, 1.82) is 0 Å². The van der Waals surface area contributed by atoms with Gasteiger partial charge in [0, 0.05) is 16.3 Å². The van der Waals surface area contributed by atoms with E-state index in [1.165, 1.54) is 30.6 Å². The lowest BCUT2D eigenvalue weighted by Crippen LogP contribution is -2.14. The molecule has 1 aliphatic rings. The Hall–Kier alpha value is -0.540. The van der Waals surface area contributed by atoms with Gasteiger partial charge in [0.15, 0.2) is 0 Å². The van der Waals surface area contributed by atoms with Crippen LogP contribution < -0.4 is 0 Å². The highest BCUT2D eigenvalue weighted by Gasteiger charge is 2.19.